The molecule has 0 spiro atoms. The van der Waals surface area contributed by atoms with Crippen LogP contribution in [0, 0.1) is 11.6 Å². The Hall–Kier alpha value is -2.81. The average Bonchev–Trinajstić information content (AvgIpc) is 2.65. The third kappa shape index (κ3) is 4.48. The molecule has 1 fully saturated rings. The van der Waals surface area contributed by atoms with Crippen LogP contribution >= 0.6 is 0 Å². The Kier molecular flexibility index (Phi) is 5.80. The quantitative estimate of drug-likeness (QED) is 0.795. The van der Waals surface area contributed by atoms with Crippen molar-refractivity contribution in [3.8, 4) is 11.6 Å². The van der Waals surface area contributed by atoms with Crippen LogP contribution in [0.15, 0.2) is 30.6 Å². The molecule has 9 heteroatoms. The van der Waals surface area contributed by atoms with Gasteiger partial charge in [-0.2, -0.15) is 0 Å². The summed E-state index contributed by atoms with van der Waals surface area (Å²) in [6.45, 7) is 3.76. The zero-order valence-electron chi connectivity index (χ0n) is 15.1. The van der Waals surface area contributed by atoms with Crippen LogP contribution in [-0.2, 0) is 9.53 Å². The fourth-order valence-corrected chi connectivity index (χ4v) is 2.96. The number of benzene rings is 1. The second-order valence-electron chi connectivity index (χ2n) is 6.21. The molecule has 1 amide bonds. The molecule has 2 aromatic rings. The van der Waals surface area contributed by atoms with E-state index in [1.165, 1.54) is 19.5 Å². The molecule has 1 aromatic heterocycles. The first-order valence-electron chi connectivity index (χ1n) is 8.46. The lowest BCUT2D eigenvalue weighted by atomic mass is 10.2. The molecule has 144 valence electrons. The number of nitrogens with zero attached hydrogens (tertiary/aromatic N) is 4. The molecule has 0 aliphatic carbocycles. The Balaban J connectivity index is 1.69. The maximum Gasteiger partial charge on any atom is 0.248 e. The molecular weight excluding hydrogens is 358 g/mol. The average molecular weight is 378 g/mol. The van der Waals surface area contributed by atoms with E-state index in [4.69, 9.17) is 9.47 Å². The van der Waals surface area contributed by atoms with Crippen molar-refractivity contribution >= 4 is 11.7 Å². The Morgan fingerprint density at radius 1 is 1.22 bits per heavy atom. The number of hydrogen-bond acceptors (Lipinski definition) is 6. The number of piperazine rings is 1. The highest BCUT2D eigenvalue weighted by atomic mass is 19.2. The monoisotopic (exact) mass is 378 g/mol. The lowest BCUT2D eigenvalue weighted by molar-refractivity contribution is -0.137. The van der Waals surface area contributed by atoms with Gasteiger partial charge in [0, 0.05) is 44.9 Å². The van der Waals surface area contributed by atoms with Crippen molar-refractivity contribution in [2.24, 2.45) is 0 Å². The summed E-state index contributed by atoms with van der Waals surface area (Å²) in [5.41, 5.74) is 0. The number of rotatable bonds is 5. The van der Waals surface area contributed by atoms with E-state index < -0.39 is 11.6 Å². The molecule has 2 heterocycles. The van der Waals surface area contributed by atoms with Crippen LogP contribution in [0.4, 0.5) is 14.6 Å². The molecule has 1 aromatic carbocycles. The SMILES string of the molecule is COCC(=O)N1CCN(c2cc(Oc3ccc(F)c(F)c3)ncn2)C[C@H]1C. The van der Waals surface area contributed by atoms with Crippen LogP contribution in [0.1, 0.15) is 6.92 Å². The van der Waals surface area contributed by atoms with E-state index in [2.05, 4.69) is 9.97 Å². The number of carbonyl (C=O) groups is 1. The van der Waals surface area contributed by atoms with Crippen LogP contribution in [0.2, 0.25) is 0 Å². The minimum Gasteiger partial charge on any atom is -0.439 e. The molecule has 1 atom stereocenters. The molecule has 0 unspecified atom stereocenters. The summed E-state index contributed by atoms with van der Waals surface area (Å²) in [4.78, 5) is 24.1. The van der Waals surface area contributed by atoms with E-state index in [0.29, 0.717) is 25.5 Å². The van der Waals surface area contributed by atoms with Gasteiger partial charge in [0.2, 0.25) is 11.8 Å². The number of ether oxygens (including phenoxy) is 2. The van der Waals surface area contributed by atoms with Crippen molar-refractivity contribution in [1.29, 1.82) is 0 Å². The van der Waals surface area contributed by atoms with Gasteiger partial charge in [-0.1, -0.05) is 0 Å². The van der Waals surface area contributed by atoms with E-state index in [1.54, 1.807) is 11.0 Å². The molecule has 0 bridgehead atoms. The molecule has 0 saturated carbocycles. The van der Waals surface area contributed by atoms with Gasteiger partial charge in [0.05, 0.1) is 0 Å². The molecule has 0 N–H and O–H groups in total. The Labute approximate surface area is 155 Å². The molecule has 1 saturated heterocycles. The standard InChI is InChI=1S/C18H20F2N4O3/c1-12-9-23(5-6-24(12)18(25)10-26-2)16-8-17(22-11-21-16)27-13-3-4-14(19)15(20)7-13/h3-4,7-8,11-12H,5-6,9-10H2,1-2H3/t12-/m1/s1. The fourth-order valence-electron chi connectivity index (χ4n) is 2.96. The van der Waals surface area contributed by atoms with Crippen molar-refractivity contribution in [1.82, 2.24) is 14.9 Å². The highest BCUT2D eigenvalue weighted by Crippen LogP contribution is 2.25. The topological polar surface area (TPSA) is 67.8 Å². The highest BCUT2D eigenvalue weighted by molar-refractivity contribution is 5.78. The smallest absolute Gasteiger partial charge is 0.248 e. The van der Waals surface area contributed by atoms with Gasteiger partial charge in [0.25, 0.3) is 0 Å². The van der Waals surface area contributed by atoms with Gasteiger partial charge >= 0.3 is 0 Å². The zero-order chi connectivity index (χ0) is 19.4. The van der Waals surface area contributed by atoms with Crippen molar-refractivity contribution in [2.45, 2.75) is 13.0 Å². The van der Waals surface area contributed by atoms with Gasteiger partial charge in [0.1, 0.15) is 24.5 Å². The first-order chi connectivity index (χ1) is 13.0. The van der Waals surface area contributed by atoms with Crippen molar-refractivity contribution < 1.29 is 23.0 Å². The third-order valence-corrected chi connectivity index (χ3v) is 4.28. The summed E-state index contributed by atoms with van der Waals surface area (Å²) in [5.74, 6) is -0.991. The lowest BCUT2D eigenvalue weighted by Gasteiger charge is -2.40. The third-order valence-electron chi connectivity index (χ3n) is 4.28. The molecule has 3 rings (SSSR count). The van der Waals surface area contributed by atoms with E-state index >= 15 is 0 Å². The van der Waals surface area contributed by atoms with Gasteiger partial charge in [-0.05, 0) is 19.1 Å². The van der Waals surface area contributed by atoms with Gasteiger partial charge in [-0.25, -0.2) is 18.7 Å². The Morgan fingerprint density at radius 3 is 2.74 bits per heavy atom. The maximum absolute atomic E-state index is 13.3. The van der Waals surface area contributed by atoms with Crippen molar-refractivity contribution in [3.63, 3.8) is 0 Å². The molecule has 1 aliphatic heterocycles. The molecule has 1 aliphatic rings. The molecule has 27 heavy (non-hydrogen) atoms. The van der Waals surface area contributed by atoms with Gasteiger partial charge in [-0.15, -0.1) is 0 Å². The normalized spacial score (nSPS) is 17.1. The fraction of sp³-hybridized carbons (Fsp3) is 0.389. The number of amides is 1. The number of methoxy groups -OCH3 is 1. The van der Waals surface area contributed by atoms with E-state index in [9.17, 15) is 13.6 Å². The van der Waals surface area contributed by atoms with E-state index in [-0.39, 0.29) is 30.2 Å². The predicted octanol–water partition coefficient (Wildman–Crippen LogP) is 2.23. The lowest BCUT2D eigenvalue weighted by Crippen LogP contribution is -2.55. The second-order valence-corrected chi connectivity index (χ2v) is 6.21. The predicted molar refractivity (Wildman–Crippen MR) is 93.7 cm³/mol. The maximum atomic E-state index is 13.3. The van der Waals surface area contributed by atoms with E-state index in [0.717, 1.165) is 12.1 Å². The molecular formula is C18H20F2N4O3. The molecule has 7 nitrogen and oxygen atoms in total. The summed E-state index contributed by atoms with van der Waals surface area (Å²) in [6.07, 6.45) is 1.34. The minimum absolute atomic E-state index is 0.00747. The minimum atomic E-state index is -0.993. The number of carbonyl (C=O) groups excluding carboxylic acids is 1. The largest absolute Gasteiger partial charge is 0.439 e. The van der Waals surface area contributed by atoms with E-state index in [1.807, 2.05) is 11.8 Å². The van der Waals surface area contributed by atoms with Crippen LogP contribution in [0.25, 0.3) is 0 Å². The summed E-state index contributed by atoms with van der Waals surface area (Å²) in [7, 11) is 1.49. The number of anilines is 1. The summed E-state index contributed by atoms with van der Waals surface area (Å²) in [6, 6.07) is 4.89. The summed E-state index contributed by atoms with van der Waals surface area (Å²) < 4.78 is 36.7. The van der Waals surface area contributed by atoms with Crippen LogP contribution in [0.5, 0.6) is 11.6 Å². The van der Waals surface area contributed by atoms with Gasteiger partial charge in [0.15, 0.2) is 11.6 Å². The Bertz CT molecular complexity index is 821. The highest BCUT2D eigenvalue weighted by Gasteiger charge is 2.28. The van der Waals surface area contributed by atoms with Crippen LogP contribution in [-0.4, -0.2) is 60.2 Å². The van der Waals surface area contributed by atoms with Gasteiger partial charge in [-0.3, -0.25) is 4.79 Å². The number of hydrogen-bond donors (Lipinski definition) is 0. The Morgan fingerprint density at radius 2 is 2.04 bits per heavy atom. The first-order valence-corrected chi connectivity index (χ1v) is 8.46. The number of aromatic nitrogens is 2. The summed E-state index contributed by atoms with van der Waals surface area (Å²) in [5, 5.41) is 0. The van der Waals surface area contributed by atoms with Crippen LogP contribution in [0.3, 0.4) is 0 Å². The van der Waals surface area contributed by atoms with Crippen molar-refractivity contribution in [3.05, 3.63) is 42.2 Å². The summed E-state index contributed by atoms with van der Waals surface area (Å²) >= 11 is 0. The van der Waals surface area contributed by atoms with Crippen LogP contribution < -0.4 is 9.64 Å². The second kappa shape index (κ2) is 8.26. The molecule has 0 radical (unpaired) electrons. The van der Waals surface area contributed by atoms with Crippen molar-refractivity contribution in [2.75, 3.05) is 38.3 Å². The first kappa shape index (κ1) is 19.0. The van der Waals surface area contributed by atoms with Gasteiger partial charge < -0.3 is 19.3 Å². The number of halogens is 2. The zero-order valence-corrected chi connectivity index (χ0v) is 15.1.